The first-order valence-corrected chi connectivity index (χ1v) is 8.25. The molecule has 128 valence electrons. The van der Waals surface area contributed by atoms with Crippen LogP contribution in [0.5, 0.6) is 0 Å². The summed E-state index contributed by atoms with van der Waals surface area (Å²) in [5, 5.41) is 16.8. The lowest BCUT2D eigenvalue weighted by atomic mass is 10.1. The van der Waals surface area contributed by atoms with E-state index < -0.39 is 5.97 Å². The predicted octanol–water partition coefficient (Wildman–Crippen LogP) is 2.14. The molecule has 3 rings (SSSR count). The van der Waals surface area contributed by atoms with Gasteiger partial charge in [-0.05, 0) is 23.6 Å². The molecule has 1 aromatic carbocycles. The first-order chi connectivity index (χ1) is 12.1. The molecule has 25 heavy (non-hydrogen) atoms. The van der Waals surface area contributed by atoms with Gasteiger partial charge in [0.15, 0.2) is 0 Å². The Morgan fingerprint density at radius 1 is 1.24 bits per heavy atom. The standard InChI is InChI=1S/C16H15N5O3S/c1-10-3-5-11(6-4-10)14-18-20-21(19-14)9-13(22)17-15-12(7-8-25-15)16(23)24-2/h3-8H,9H2,1-2H3,(H,17,22). The number of nitrogens with zero attached hydrogens (tertiary/aromatic N) is 4. The second kappa shape index (κ2) is 7.22. The van der Waals surface area contributed by atoms with Crippen molar-refractivity contribution in [3.05, 3.63) is 46.8 Å². The number of aromatic nitrogens is 4. The van der Waals surface area contributed by atoms with Crippen LogP contribution in [0, 0.1) is 6.92 Å². The third-order valence-electron chi connectivity index (χ3n) is 3.37. The number of hydrogen-bond acceptors (Lipinski definition) is 7. The highest BCUT2D eigenvalue weighted by Crippen LogP contribution is 2.23. The molecule has 0 aliphatic rings. The van der Waals surface area contributed by atoms with Gasteiger partial charge in [0.05, 0.1) is 12.7 Å². The van der Waals surface area contributed by atoms with Gasteiger partial charge in [-0.2, -0.15) is 4.80 Å². The summed E-state index contributed by atoms with van der Waals surface area (Å²) in [7, 11) is 1.29. The monoisotopic (exact) mass is 357 g/mol. The smallest absolute Gasteiger partial charge is 0.340 e. The molecule has 1 amide bonds. The highest BCUT2D eigenvalue weighted by atomic mass is 32.1. The van der Waals surface area contributed by atoms with Crippen molar-refractivity contribution in [2.45, 2.75) is 13.5 Å². The van der Waals surface area contributed by atoms with E-state index in [0.717, 1.165) is 11.1 Å². The molecule has 3 aromatic rings. The number of hydrogen-bond donors (Lipinski definition) is 1. The third-order valence-corrected chi connectivity index (χ3v) is 4.20. The number of amides is 1. The normalized spacial score (nSPS) is 10.5. The highest BCUT2D eigenvalue weighted by molar-refractivity contribution is 7.14. The van der Waals surface area contributed by atoms with Crippen molar-refractivity contribution in [2.24, 2.45) is 0 Å². The number of nitrogens with one attached hydrogen (secondary N) is 1. The maximum absolute atomic E-state index is 12.1. The molecule has 0 unspecified atom stereocenters. The van der Waals surface area contributed by atoms with E-state index >= 15 is 0 Å². The van der Waals surface area contributed by atoms with Gasteiger partial charge < -0.3 is 10.1 Å². The Hall–Kier alpha value is -3.07. The van der Waals surface area contributed by atoms with E-state index in [4.69, 9.17) is 0 Å². The fourth-order valence-corrected chi connectivity index (χ4v) is 2.89. The van der Waals surface area contributed by atoms with Gasteiger partial charge >= 0.3 is 5.97 Å². The van der Waals surface area contributed by atoms with Crippen LogP contribution >= 0.6 is 11.3 Å². The van der Waals surface area contributed by atoms with Crippen molar-refractivity contribution in [1.29, 1.82) is 0 Å². The molecule has 2 heterocycles. The lowest BCUT2D eigenvalue weighted by molar-refractivity contribution is -0.117. The van der Waals surface area contributed by atoms with E-state index in [1.54, 1.807) is 11.4 Å². The number of aryl methyl sites for hydroxylation is 1. The molecule has 0 bridgehead atoms. The second-order valence-electron chi connectivity index (χ2n) is 5.21. The summed E-state index contributed by atoms with van der Waals surface area (Å²) < 4.78 is 4.67. The van der Waals surface area contributed by atoms with Crippen LogP contribution in [-0.2, 0) is 16.1 Å². The van der Waals surface area contributed by atoms with Gasteiger partial charge in [-0.15, -0.1) is 21.5 Å². The number of esters is 1. The van der Waals surface area contributed by atoms with Crippen LogP contribution in [0.25, 0.3) is 11.4 Å². The quantitative estimate of drug-likeness (QED) is 0.702. The van der Waals surface area contributed by atoms with Gasteiger partial charge in [0, 0.05) is 5.56 Å². The number of rotatable bonds is 5. The van der Waals surface area contributed by atoms with Crippen LogP contribution < -0.4 is 5.32 Å². The summed E-state index contributed by atoms with van der Waals surface area (Å²) in [5.74, 6) is -0.420. The van der Waals surface area contributed by atoms with E-state index in [9.17, 15) is 9.59 Å². The molecule has 0 saturated heterocycles. The summed E-state index contributed by atoms with van der Waals surface area (Å²) in [6.07, 6.45) is 0. The van der Waals surface area contributed by atoms with Crippen LogP contribution in [-0.4, -0.2) is 39.2 Å². The highest BCUT2D eigenvalue weighted by Gasteiger charge is 2.16. The van der Waals surface area contributed by atoms with Crippen molar-refractivity contribution in [3.63, 3.8) is 0 Å². The zero-order chi connectivity index (χ0) is 17.8. The SMILES string of the molecule is COC(=O)c1ccsc1NC(=O)Cn1nnc(-c2ccc(C)cc2)n1. The lowest BCUT2D eigenvalue weighted by Crippen LogP contribution is -2.21. The number of thiophene rings is 1. The molecule has 0 aliphatic carbocycles. The van der Waals surface area contributed by atoms with E-state index in [0.29, 0.717) is 16.4 Å². The Labute approximate surface area is 147 Å². The summed E-state index contributed by atoms with van der Waals surface area (Å²) in [6.45, 7) is 1.88. The Morgan fingerprint density at radius 3 is 2.72 bits per heavy atom. The molecule has 0 aliphatic heterocycles. The first-order valence-electron chi connectivity index (χ1n) is 7.37. The number of benzene rings is 1. The summed E-state index contributed by atoms with van der Waals surface area (Å²) >= 11 is 1.24. The molecule has 0 radical (unpaired) electrons. The lowest BCUT2D eigenvalue weighted by Gasteiger charge is -2.04. The average molecular weight is 357 g/mol. The number of methoxy groups -OCH3 is 1. The van der Waals surface area contributed by atoms with E-state index in [1.807, 2.05) is 31.2 Å². The van der Waals surface area contributed by atoms with E-state index in [2.05, 4.69) is 25.5 Å². The van der Waals surface area contributed by atoms with Crippen LogP contribution in [0.15, 0.2) is 35.7 Å². The average Bonchev–Trinajstić information content (AvgIpc) is 3.24. The van der Waals surface area contributed by atoms with Crippen molar-refractivity contribution < 1.29 is 14.3 Å². The van der Waals surface area contributed by atoms with E-state index in [-0.39, 0.29) is 12.5 Å². The molecule has 0 saturated carbocycles. The molecule has 2 aromatic heterocycles. The van der Waals surface area contributed by atoms with Crippen molar-refractivity contribution >= 4 is 28.2 Å². The first kappa shape index (κ1) is 16.8. The zero-order valence-electron chi connectivity index (χ0n) is 13.6. The van der Waals surface area contributed by atoms with Crippen molar-refractivity contribution in [2.75, 3.05) is 12.4 Å². The molecule has 0 atom stereocenters. The maximum Gasteiger partial charge on any atom is 0.340 e. The molecule has 0 spiro atoms. The topological polar surface area (TPSA) is 99.0 Å². The van der Waals surface area contributed by atoms with Crippen LogP contribution in [0.1, 0.15) is 15.9 Å². The Kier molecular flexibility index (Phi) is 4.85. The molecular formula is C16H15N5O3S. The third kappa shape index (κ3) is 3.89. The number of carbonyl (C=O) groups excluding carboxylic acids is 2. The minimum absolute atomic E-state index is 0.114. The molecular weight excluding hydrogens is 342 g/mol. The number of ether oxygens (including phenoxy) is 1. The fraction of sp³-hybridized carbons (Fsp3) is 0.188. The van der Waals surface area contributed by atoms with Gasteiger partial charge in [0.1, 0.15) is 11.5 Å². The largest absolute Gasteiger partial charge is 0.465 e. The Bertz CT molecular complexity index is 901. The molecule has 1 N–H and O–H groups in total. The van der Waals surface area contributed by atoms with E-state index in [1.165, 1.54) is 23.2 Å². The second-order valence-corrected chi connectivity index (χ2v) is 6.13. The fourth-order valence-electron chi connectivity index (χ4n) is 2.10. The summed E-state index contributed by atoms with van der Waals surface area (Å²) in [5.41, 5.74) is 2.27. The van der Waals surface area contributed by atoms with Gasteiger partial charge in [-0.1, -0.05) is 29.8 Å². The van der Waals surface area contributed by atoms with Gasteiger partial charge in [-0.3, -0.25) is 4.79 Å². The van der Waals surface area contributed by atoms with Crippen LogP contribution in [0.4, 0.5) is 5.00 Å². The number of carbonyl (C=O) groups is 2. The minimum Gasteiger partial charge on any atom is -0.465 e. The Balaban J connectivity index is 1.67. The van der Waals surface area contributed by atoms with Gasteiger partial charge in [-0.25, -0.2) is 4.79 Å². The van der Waals surface area contributed by atoms with Gasteiger partial charge in [0.2, 0.25) is 11.7 Å². The van der Waals surface area contributed by atoms with Crippen LogP contribution in [0.2, 0.25) is 0 Å². The molecule has 0 fully saturated rings. The van der Waals surface area contributed by atoms with Crippen molar-refractivity contribution in [1.82, 2.24) is 20.2 Å². The molecule has 9 heteroatoms. The maximum atomic E-state index is 12.1. The number of tetrazole rings is 1. The predicted molar refractivity (Wildman–Crippen MR) is 92.3 cm³/mol. The Morgan fingerprint density at radius 2 is 2.00 bits per heavy atom. The number of anilines is 1. The van der Waals surface area contributed by atoms with Crippen LogP contribution in [0.3, 0.4) is 0 Å². The van der Waals surface area contributed by atoms with Gasteiger partial charge in [0.25, 0.3) is 0 Å². The summed E-state index contributed by atoms with van der Waals surface area (Å²) in [4.78, 5) is 25.0. The van der Waals surface area contributed by atoms with Crippen molar-refractivity contribution in [3.8, 4) is 11.4 Å². The minimum atomic E-state index is -0.503. The molecule has 8 nitrogen and oxygen atoms in total. The zero-order valence-corrected chi connectivity index (χ0v) is 14.4. The summed E-state index contributed by atoms with van der Waals surface area (Å²) in [6, 6.07) is 9.28.